The molecule has 0 spiro atoms. The van der Waals surface area contributed by atoms with Gasteiger partial charge in [-0.05, 0) is 0 Å². The zero-order valence-electron chi connectivity index (χ0n) is 7.62. The summed E-state index contributed by atoms with van der Waals surface area (Å²) in [6, 6.07) is 8.14. The van der Waals surface area contributed by atoms with E-state index in [0.717, 1.165) is 0 Å². The van der Waals surface area contributed by atoms with Gasteiger partial charge < -0.3 is 9.84 Å². The Morgan fingerprint density at radius 1 is 1.21 bits per heavy atom. The van der Waals surface area contributed by atoms with Crippen molar-refractivity contribution in [3.8, 4) is 11.5 Å². The van der Waals surface area contributed by atoms with Gasteiger partial charge in [-0.3, -0.25) is 0 Å². The number of hydrogen-bond acceptors (Lipinski definition) is 2. The molecular weight excluding hydrogens is 183 g/mol. The molecule has 2 rings (SSSR count). The molecule has 0 heterocycles. The number of methoxy groups -OCH3 is 1. The number of fused-ring (bicyclic) bond motifs is 1. The summed E-state index contributed by atoms with van der Waals surface area (Å²) in [4.78, 5) is 0. The summed E-state index contributed by atoms with van der Waals surface area (Å²) in [6.07, 6.45) is 0. The van der Waals surface area contributed by atoms with E-state index in [-0.39, 0.29) is 5.75 Å². The van der Waals surface area contributed by atoms with Crippen LogP contribution >= 0.6 is 0 Å². The van der Waals surface area contributed by atoms with Crippen LogP contribution in [0, 0.1) is 5.82 Å². The summed E-state index contributed by atoms with van der Waals surface area (Å²) in [5.41, 5.74) is 0. The lowest BCUT2D eigenvalue weighted by atomic mass is 10.1. The predicted octanol–water partition coefficient (Wildman–Crippen LogP) is 2.69. The van der Waals surface area contributed by atoms with Crippen LogP contribution in [-0.2, 0) is 0 Å². The van der Waals surface area contributed by atoms with E-state index in [4.69, 9.17) is 4.74 Å². The molecule has 0 amide bonds. The van der Waals surface area contributed by atoms with Crippen molar-refractivity contribution in [2.24, 2.45) is 0 Å². The zero-order chi connectivity index (χ0) is 10.1. The topological polar surface area (TPSA) is 29.5 Å². The fourth-order valence-corrected chi connectivity index (χ4v) is 1.46. The Kier molecular flexibility index (Phi) is 2.00. The molecule has 2 aromatic carbocycles. The van der Waals surface area contributed by atoms with Gasteiger partial charge in [0.2, 0.25) is 0 Å². The molecule has 3 heteroatoms. The first-order valence-electron chi connectivity index (χ1n) is 4.18. The fourth-order valence-electron chi connectivity index (χ4n) is 1.46. The van der Waals surface area contributed by atoms with Gasteiger partial charge in [-0.25, -0.2) is 4.39 Å². The third-order valence-corrected chi connectivity index (χ3v) is 2.15. The normalized spacial score (nSPS) is 10.4. The van der Waals surface area contributed by atoms with Gasteiger partial charge in [-0.2, -0.15) is 0 Å². The van der Waals surface area contributed by atoms with Gasteiger partial charge in [0, 0.05) is 16.8 Å². The minimum atomic E-state index is -0.666. The smallest absolute Gasteiger partial charge is 0.169 e. The zero-order valence-corrected chi connectivity index (χ0v) is 7.62. The summed E-state index contributed by atoms with van der Waals surface area (Å²) in [6.45, 7) is 0. The van der Waals surface area contributed by atoms with Crippen molar-refractivity contribution in [1.29, 1.82) is 0 Å². The molecule has 0 aliphatic carbocycles. The highest BCUT2D eigenvalue weighted by Crippen LogP contribution is 2.34. The van der Waals surface area contributed by atoms with E-state index in [9.17, 15) is 9.50 Å². The van der Waals surface area contributed by atoms with Crippen LogP contribution in [0.25, 0.3) is 10.8 Å². The number of halogens is 1. The third-order valence-electron chi connectivity index (χ3n) is 2.15. The van der Waals surface area contributed by atoms with Crippen LogP contribution in [0.3, 0.4) is 0 Å². The minimum Gasteiger partial charge on any atom is -0.504 e. The quantitative estimate of drug-likeness (QED) is 0.752. The number of hydrogen-bond donors (Lipinski definition) is 1. The van der Waals surface area contributed by atoms with Crippen molar-refractivity contribution in [2.45, 2.75) is 0 Å². The molecule has 14 heavy (non-hydrogen) atoms. The molecule has 2 nitrogen and oxygen atoms in total. The van der Waals surface area contributed by atoms with E-state index >= 15 is 0 Å². The maximum Gasteiger partial charge on any atom is 0.169 e. The number of rotatable bonds is 1. The lowest BCUT2D eigenvalue weighted by molar-refractivity contribution is 0.407. The second kappa shape index (κ2) is 3.18. The highest BCUT2D eigenvalue weighted by molar-refractivity contribution is 5.93. The summed E-state index contributed by atoms with van der Waals surface area (Å²) < 4.78 is 18.2. The van der Waals surface area contributed by atoms with Crippen molar-refractivity contribution in [3.63, 3.8) is 0 Å². The maximum absolute atomic E-state index is 13.2. The van der Waals surface area contributed by atoms with Crippen molar-refractivity contribution in [2.75, 3.05) is 7.11 Å². The van der Waals surface area contributed by atoms with E-state index in [0.29, 0.717) is 16.5 Å². The number of benzene rings is 2. The van der Waals surface area contributed by atoms with Crippen LogP contribution in [0.15, 0.2) is 30.3 Å². The monoisotopic (exact) mass is 192 g/mol. The van der Waals surface area contributed by atoms with Gasteiger partial charge >= 0.3 is 0 Å². The lowest BCUT2D eigenvalue weighted by Gasteiger charge is -2.07. The Bertz CT molecular complexity index is 480. The molecule has 72 valence electrons. The number of aromatic hydroxyl groups is 1. The molecule has 0 aromatic heterocycles. The summed E-state index contributed by atoms with van der Waals surface area (Å²) in [5, 5.41) is 10.6. The average Bonchev–Trinajstić information content (AvgIpc) is 2.23. The molecule has 0 saturated heterocycles. The van der Waals surface area contributed by atoms with Gasteiger partial charge in [-0.15, -0.1) is 0 Å². The van der Waals surface area contributed by atoms with Gasteiger partial charge in [0.15, 0.2) is 11.6 Å². The van der Waals surface area contributed by atoms with Crippen LogP contribution in [0.1, 0.15) is 0 Å². The first-order valence-corrected chi connectivity index (χ1v) is 4.18. The molecule has 0 atom stereocenters. The molecule has 0 fully saturated rings. The number of phenols is 1. The van der Waals surface area contributed by atoms with Crippen molar-refractivity contribution < 1.29 is 14.2 Å². The molecule has 0 aliphatic heterocycles. The molecule has 0 unspecified atom stereocenters. The number of phenolic OH excluding ortho intramolecular Hbond substituents is 1. The van der Waals surface area contributed by atoms with Gasteiger partial charge in [-0.1, -0.05) is 24.3 Å². The van der Waals surface area contributed by atoms with Crippen LogP contribution < -0.4 is 4.74 Å². The fraction of sp³-hybridized carbons (Fsp3) is 0.0909. The number of ether oxygens (including phenoxy) is 1. The van der Waals surface area contributed by atoms with Gasteiger partial charge in [0.25, 0.3) is 0 Å². The van der Waals surface area contributed by atoms with Gasteiger partial charge in [0.05, 0.1) is 7.11 Å². The average molecular weight is 192 g/mol. The summed E-state index contributed by atoms with van der Waals surface area (Å²) in [5.74, 6) is -0.571. The van der Waals surface area contributed by atoms with Gasteiger partial charge in [0.1, 0.15) is 5.75 Å². The summed E-state index contributed by atoms with van der Waals surface area (Å²) >= 11 is 0. The molecule has 0 bridgehead atoms. The second-order valence-corrected chi connectivity index (χ2v) is 2.95. The van der Waals surface area contributed by atoms with E-state index in [1.165, 1.54) is 13.2 Å². The standard InChI is InChI=1S/C11H9FO2/c1-14-10-6-9(12)11(13)8-5-3-2-4-7(8)10/h2-6,13H,1H3. The highest BCUT2D eigenvalue weighted by Gasteiger charge is 2.10. The molecule has 0 radical (unpaired) electrons. The Balaban J connectivity index is 2.89. The molecular formula is C11H9FO2. The Labute approximate surface area is 80.6 Å². The first kappa shape index (κ1) is 8.81. The third kappa shape index (κ3) is 1.18. The van der Waals surface area contributed by atoms with Crippen molar-refractivity contribution in [1.82, 2.24) is 0 Å². The van der Waals surface area contributed by atoms with E-state index in [1.54, 1.807) is 18.2 Å². The lowest BCUT2D eigenvalue weighted by Crippen LogP contribution is -1.87. The van der Waals surface area contributed by atoms with Crippen molar-refractivity contribution >= 4 is 10.8 Å². The predicted molar refractivity (Wildman–Crippen MR) is 52.1 cm³/mol. The Hall–Kier alpha value is -1.77. The largest absolute Gasteiger partial charge is 0.504 e. The molecule has 2 aromatic rings. The van der Waals surface area contributed by atoms with Crippen LogP contribution in [-0.4, -0.2) is 12.2 Å². The Morgan fingerprint density at radius 3 is 2.50 bits per heavy atom. The molecule has 0 aliphatic rings. The van der Waals surface area contributed by atoms with Crippen LogP contribution in [0.5, 0.6) is 11.5 Å². The molecule has 1 N–H and O–H groups in total. The van der Waals surface area contributed by atoms with Crippen LogP contribution in [0.4, 0.5) is 4.39 Å². The second-order valence-electron chi connectivity index (χ2n) is 2.95. The van der Waals surface area contributed by atoms with Crippen LogP contribution in [0.2, 0.25) is 0 Å². The molecule has 0 saturated carbocycles. The minimum absolute atomic E-state index is 0.332. The van der Waals surface area contributed by atoms with E-state index in [1.807, 2.05) is 6.07 Å². The highest BCUT2D eigenvalue weighted by atomic mass is 19.1. The van der Waals surface area contributed by atoms with Crippen molar-refractivity contribution in [3.05, 3.63) is 36.1 Å². The summed E-state index contributed by atoms with van der Waals surface area (Å²) in [7, 11) is 1.47. The van der Waals surface area contributed by atoms with E-state index in [2.05, 4.69) is 0 Å². The SMILES string of the molecule is COc1cc(F)c(O)c2ccccc12. The Morgan fingerprint density at radius 2 is 1.86 bits per heavy atom. The van der Waals surface area contributed by atoms with E-state index < -0.39 is 5.82 Å². The first-order chi connectivity index (χ1) is 6.74. The maximum atomic E-state index is 13.2.